The summed E-state index contributed by atoms with van der Waals surface area (Å²) in [6.45, 7) is 14.3. The molecule has 0 fully saturated rings. The summed E-state index contributed by atoms with van der Waals surface area (Å²) in [7, 11) is -0.182. The van der Waals surface area contributed by atoms with Crippen molar-refractivity contribution >= 4 is 8.07 Å². The van der Waals surface area contributed by atoms with Crippen LogP contribution in [0.4, 0.5) is 0 Å². The van der Waals surface area contributed by atoms with Crippen LogP contribution in [0.15, 0.2) is 60.7 Å². The first-order valence-corrected chi connectivity index (χ1v) is 12.7. The van der Waals surface area contributed by atoms with Gasteiger partial charge < -0.3 is 0 Å². The molecule has 0 spiro atoms. The molecule has 28 heavy (non-hydrogen) atoms. The fourth-order valence-electron chi connectivity index (χ4n) is 3.75. The van der Waals surface area contributed by atoms with Gasteiger partial charge in [0.2, 0.25) is 0 Å². The van der Waals surface area contributed by atoms with Crippen LogP contribution in [-0.2, 0) is 0 Å². The summed E-state index contributed by atoms with van der Waals surface area (Å²) < 4.78 is 2.87. The molecule has 0 N–H and O–H groups in total. The van der Waals surface area contributed by atoms with E-state index in [9.17, 15) is 0 Å². The van der Waals surface area contributed by atoms with Gasteiger partial charge in [-0.25, -0.2) is 0 Å². The van der Waals surface area contributed by atoms with Crippen LogP contribution >= 0.6 is 8.07 Å². The van der Waals surface area contributed by atoms with Gasteiger partial charge >= 0.3 is 0 Å². The van der Waals surface area contributed by atoms with Gasteiger partial charge in [0.1, 0.15) is 0 Å². The predicted octanol–water partition coefficient (Wildman–Crippen LogP) is 8.30. The highest BCUT2D eigenvalue weighted by Crippen LogP contribution is 2.52. The van der Waals surface area contributed by atoms with Crippen molar-refractivity contribution in [2.75, 3.05) is 12.3 Å². The highest BCUT2D eigenvalue weighted by atomic mass is 31.1. The molecule has 0 bridgehead atoms. The summed E-state index contributed by atoms with van der Waals surface area (Å²) in [4.78, 5) is 0. The van der Waals surface area contributed by atoms with Gasteiger partial charge in [0.25, 0.3) is 0 Å². The molecule has 0 aliphatic rings. The van der Waals surface area contributed by atoms with Crippen LogP contribution in [0, 0.1) is 11.8 Å². The number of benzene rings is 2. The third kappa shape index (κ3) is 7.02. The zero-order valence-corrected chi connectivity index (χ0v) is 19.7. The van der Waals surface area contributed by atoms with Crippen molar-refractivity contribution in [3.05, 3.63) is 71.8 Å². The van der Waals surface area contributed by atoms with Crippen LogP contribution < -0.4 is 0 Å². The molecule has 2 heteroatoms. The first-order valence-electron chi connectivity index (χ1n) is 11.0. The van der Waals surface area contributed by atoms with Crippen LogP contribution in [0.2, 0.25) is 0 Å². The molecule has 0 unspecified atom stereocenters. The lowest BCUT2D eigenvalue weighted by Gasteiger charge is -2.42. The molecule has 2 atom stereocenters. The maximum Gasteiger partial charge on any atom is 0.0363 e. The average Bonchev–Trinajstić information content (AvgIpc) is 2.70. The highest BCUT2D eigenvalue weighted by molar-refractivity contribution is 7.55. The predicted molar refractivity (Wildman–Crippen MR) is 127 cm³/mol. The average molecular weight is 398 g/mol. The SMILES string of the molecule is CC(C)CCP(CCC(C)C)N([C@@H](C)c1ccccc1)[C@@H](C)c1ccccc1. The molecule has 0 aromatic heterocycles. The molecule has 1 nitrogen and oxygen atoms in total. The van der Waals surface area contributed by atoms with Gasteiger partial charge in [-0.05, 0) is 70.0 Å². The second kappa shape index (κ2) is 11.7. The van der Waals surface area contributed by atoms with E-state index in [0.717, 1.165) is 11.8 Å². The Hall–Kier alpha value is -1.17. The summed E-state index contributed by atoms with van der Waals surface area (Å²) in [6.07, 6.45) is 5.33. The minimum absolute atomic E-state index is 0.182. The van der Waals surface area contributed by atoms with Gasteiger partial charge in [0.15, 0.2) is 0 Å². The summed E-state index contributed by atoms with van der Waals surface area (Å²) in [5, 5.41) is 0. The Balaban J connectivity index is 2.36. The van der Waals surface area contributed by atoms with Gasteiger partial charge in [0, 0.05) is 12.1 Å². The smallest absolute Gasteiger partial charge is 0.0363 e. The van der Waals surface area contributed by atoms with Gasteiger partial charge in [0.05, 0.1) is 0 Å². The van der Waals surface area contributed by atoms with Crippen molar-refractivity contribution in [2.24, 2.45) is 11.8 Å². The summed E-state index contributed by atoms with van der Waals surface area (Å²) >= 11 is 0. The van der Waals surface area contributed by atoms with Crippen LogP contribution in [0.25, 0.3) is 0 Å². The van der Waals surface area contributed by atoms with E-state index in [1.807, 2.05) is 0 Å². The normalized spacial score (nSPS) is 14.2. The van der Waals surface area contributed by atoms with E-state index in [-0.39, 0.29) is 8.07 Å². The standard InChI is InChI=1S/C26H40NP/c1-21(2)17-19-28(20-18-22(3)4)27(23(5)25-13-9-7-10-14-25)24(6)26-15-11-8-12-16-26/h7-16,21-24H,17-20H2,1-6H3/t23-,24-/m0/s1. The fourth-order valence-corrected chi connectivity index (χ4v) is 7.31. The summed E-state index contributed by atoms with van der Waals surface area (Å²) in [6, 6.07) is 23.0. The quantitative estimate of drug-likeness (QED) is 0.345. The summed E-state index contributed by atoms with van der Waals surface area (Å²) in [5.74, 6) is 1.54. The lowest BCUT2D eigenvalue weighted by molar-refractivity contribution is 0.296. The molecule has 154 valence electrons. The van der Waals surface area contributed by atoms with Crippen molar-refractivity contribution in [2.45, 2.75) is 66.5 Å². The van der Waals surface area contributed by atoms with Crippen LogP contribution in [-0.4, -0.2) is 17.0 Å². The van der Waals surface area contributed by atoms with Crippen molar-refractivity contribution in [3.8, 4) is 0 Å². The van der Waals surface area contributed by atoms with Crippen molar-refractivity contribution in [1.29, 1.82) is 0 Å². The molecule has 0 saturated carbocycles. The largest absolute Gasteiger partial charge is 0.268 e. The Morgan fingerprint density at radius 1 is 0.607 bits per heavy atom. The molecule has 0 amide bonds. The molecular weight excluding hydrogens is 357 g/mol. The van der Waals surface area contributed by atoms with Crippen molar-refractivity contribution in [1.82, 2.24) is 4.67 Å². The Bertz CT molecular complexity index is 595. The molecule has 0 aliphatic carbocycles. The lowest BCUT2D eigenvalue weighted by atomic mass is 10.0. The molecule has 0 radical (unpaired) electrons. The van der Waals surface area contributed by atoms with Crippen molar-refractivity contribution < 1.29 is 0 Å². The molecule has 0 heterocycles. The number of rotatable bonds is 11. The molecule has 2 aromatic rings. The number of hydrogen-bond donors (Lipinski definition) is 0. The molecular formula is C26H40NP. The van der Waals surface area contributed by atoms with Gasteiger partial charge in [-0.3, -0.25) is 4.67 Å². The highest BCUT2D eigenvalue weighted by Gasteiger charge is 2.29. The minimum Gasteiger partial charge on any atom is -0.268 e. The van der Waals surface area contributed by atoms with Crippen molar-refractivity contribution in [3.63, 3.8) is 0 Å². The van der Waals surface area contributed by atoms with E-state index in [1.54, 1.807) is 0 Å². The summed E-state index contributed by atoms with van der Waals surface area (Å²) in [5.41, 5.74) is 2.87. The van der Waals surface area contributed by atoms with Crippen LogP contribution in [0.1, 0.15) is 77.6 Å². The first kappa shape index (κ1) is 23.1. The Kier molecular flexibility index (Phi) is 9.69. The second-order valence-corrected chi connectivity index (χ2v) is 11.2. The molecule has 0 saturated heterocycles. The van der Waals surface area contributed by atoms with E-state index in [0.29, 0.717) is 12.1 Å². The fraction of sp³-hybridized carbons (Fsp3) is 0.538. The zero-order valence-electron chi connectivity index (χ0n) is 18.8. The lowest BCUT2D eigenvalue weighted by Crippen LogP contribution is -2.28. The van der Waals surface area contributed by atoms with E-state index in [2.05, 4.69) is 107 Å². The number of hydrogen-bond acceptors (Lipinski definition) is 1. The first-order chi connectivity index (χ1) is 13.4. The zero-order chi connectivity index (χ0) is 20.5. The van der Waals surface area contributed by atoms with E-state index in [4.69, 9.17) is 0 Å². The van der Waals surface area contributed by atoms with Gasteiger partial charge in [-0.2, -0.15) is 0 Å². The van der Waals surface area contributed by atoms with Gasteiger partial charge in [-0.15, -0.1) is 0 Å². The third-order valence-corrected chi connectivity index (χ3v) is 8.51. The maximum atomic E-state index is 2.87. The number of nitrogens with zero attached hydrogens (tertiary/aromatic N) is 1. The molecule has 2 aromatic carbocycles. The maximum absolute atomic E-state index is 2.87. The van der Waals surface area contributed by atoms with E-state index < -0.39 is 0 Å². The van der Waals surface area contributed by atoms with E-state index in [1.165, 1.54) is 36.3 Å². The Morgan fingerprint density at radius 2 is 0.964 bits per heavy atom. The molecule has 2 rings (SSSR count). The topological polar surface area (TPSA) is 3.24 Å². The Labute approximate surface area is 175 Å². The third-order valence-electron chi connectivity index (χ3n) is 5.61. The monoisotopic (exact) mass is 397 g/mol. The van der Waals surface area contributed by atoms with Crippen LogP contribution in [0.3, 0.4) is 0 Å². The van der Waals surface area contributed by atoms with E-state index >= 15 is 0 Å². The Morgan fingerprint density at radius 3 is 1.29 bits per heavy atom. The van der Waals surface area contributed by atoms with Gasteiger partial charge in [-0.1, -0.05) is 88.4 Å². The second-order valence-electron chi connectivity index (χ2n) is 8.87. The minimum atomic E-state index is -0.182. The molecule has 0 aliphatic heterocycles. The van der Waals surface area contributed by atoms with Crippen LogP contribution in [0.5, 0.6) is 0 Å².